The number of carbonyl (C=O) groups is 2. The molecule has 6 nitrogen and oxygen atoms in total. The number of rotatable bonds is 4. The molecule has 0 unspecified atom stereocenters. The van der Waals surface area contributed by atoms with E-state index in [-0.39, 0.29) is 30.1 Å². The Kier molecular flexibility index (Phi) is 3.46. The predicted molar refractivity (Wildman–Crippen MR) is 47.8 cm³/mol. The number of methoxy groups -OCH3 is 1. The van der Waals surface area contributed by atoms with Crippen molar-refractivity contribution in [1.29, 1.82) is 0 Å². The van der Waals surface area contributed by atoms with Crippen LogP contribution < -0.4 is 0 Å². The highest BCUT2D eigenvalue weighted by Gasteiger charge is 2.20. The van der Waals surface area contributed by atoms with Crippen LogP contribution in [0.1, 0.15) is 26.7 Å². The van der Waals surface area contributed by atoms with E-state index >= 15 is 0 Å². The van der Waals surface area contributed by atoms with Crippen molar-refractivity contribution in [3.63, 3.8) is 0 Å². The number of aliphatic hydroxyl groups excluding tert-OH is 1. The summed E-state index contributed by atoms with van der Waals surface area (Å²) in [6, 6.07) is 1.08. The molecule has 0 saturated carbocycles. The van der Waals surface area contributed by atoms with Gasteiger partial charge in [-0.25, -0.2) is 9.59 Å². The van der Waals surface area contributed by atoms with Crippen molar-refractivity contribution in [3.8, 4) is 0 Å². The van der Waals surface area contributed by atoms with E-state index in [0.717, 1.165) is 6.07 Å². The summed E-state index contributed by atoms with van der Waals surface area (Å²) in [5.74, 6) is -2.19. The molecule has 6 heteroatoms. The molecule has 0 radical (unpaired) electrons. The summed E-state index contributed by atoms with van der Waals surface area (Å²) in [6.07, 6.45) is 0.0672. The van der Waals surface area contributed by atoms with Gasteiger partial charge >= 0.3 is 11.9 Å². The van der Waals surface area contributed by atoms with Crippen molar-refractivity contribution in [2.75, 3.05) is 13.7 Å². The van der Waals surface area contributed by atoms with Crippen LogP contribution in [0, 0.1) is 0 Å². The molecule has 0 saturated heterocycles. The molecule has 1 heterocycles. The minimum atomic E-state index is -1.27. The molecule has 0 atom stereocenters. The lowest BCUT2D eigenvalue weighted by atomic mass is 10.2. The van der Waals surface area contributed by atoms with Gasteiger partial charge in [0.05, 0.1) is 13.7 Å². The van der Waals surface area contributed by atoms with Crippen molar-refractivity contribution in [2.45, 2.75) is 6.42 Å². The molecule has 0 aliphatic heterocycles. The molecule has 0 fully saturated rings. The molecule has 0 amide bonds. The number of carboxylic acid groups (broad SMARTS) is 1. The number of aromatic carboxylic acids is 1. The molecule has 1 aromatic heterocycles. The van der Waals surface area contributed by atoms with Crippen molar-refractivity contribution in [3.05, 3.63) is 23.2 Å². The zero-order valence-corrected chi connectivity index (χ0v) is 8.02. The summed E-state index contributed by atoms with van der Waals surface area (Å²) in [5, 5.41) is 17.3. The van der Waals surface area contributed by atoms with Gasteiger partial charge < -0.3 is 19.4 Å². The number of furan rings is 1. The van der Waals surface area contributed by atoms with Gasteiger partial charge in [0.15, 0.2) is 0 Å². The number of esters is 1. The second-order valence-electron chi connectivity index (χ2n) is 2.72. The Hall–Kier alpha value is -1.82. The highest BCUT2D eigenvalue weighted by molar-refractivity contribution is 5.94. The van der Waals surface area contributed by atoms with Crippen molar-refractivity contribution < 1.29 is 29.0 Å². The van der Waals surface area contributed by atoms with Crippen molar-refractivity contribution in [2.24, 2.45) is 0 Å². The van der Waals surface area contributed by atoms with E-state index in [1.807, 2.05) is 0 Å². The molecule has 15 heavy (non-hydrogen) atoms. The Morgan fingerprint density at radius 3 is 2.67 bits per heavy atom. The van der Waals surface area contributed by atoms with Gasteiger partial charge in [-0.2, -0.15) is 0 Å². The third-order valence-corrected chi connectivity index (χ3v) is 1.76. The fraction of sp³-hybridized carbons (Fsp3) is 0.333. The highest BCUT2D eigenvalue weighted by atomic mass is 16.5. The van der Waals surface area contributed by atoms with Gasteiger partial charge in [-0.05, 0) is 0 Å². The minimum Gasteiger partial charge on any atom is -0.475 e. The second kappa shape index (κ2) is 4.61. The van der Waals surface area contributed by atoms with Gasteiger partial charge in [-0.15, -0.1) is 0 Å². The van der Waals surface area contributed by atoms with E-state index in [1.165, 1.54) is 7.11 Å². The maximum Gasteiger partial charge on any atom is 0.371 e. The van der Waals surface area contributed by atoms with Crippen LogP contribution in [0.15, 0.2) is 10.5 Å². The number of hydrogen-bond acceptors (Lipinski definition) is 5. The number of hydrogen-bond donors (Lipinski definition) is 2. The molecule has 0 aliphatic rings. The standard InChI is InChI=1S/C9H10O6/c1-14-9(13)5-4-7(8(11)12)15-6(5)2-3-10/h4,10H,2-3H2,1H3,(H,11,12). The van der Waals surface area contributed by atoms with Gasteiger partial charge in [-0.1, -0.05) is 0 Å². The third-order valence-electron chi connectivity index (χ3n) is 1.76. The zero-order chi connectivity index (χ0) is 11.4. The van der Waals surface area contributed by atoms with Gasteiger partial charge in [0.25, 0.3) is 0 Å². The Morgan fingerprint density at radius 2 is 2.20 bits per heavy atom. The van der Waals surface area contributed by atoms with Crippen LogP contribution in [0.2, 0.25) is 0 Å². The van der Waals surface area contributed by atoms with E-state index < -0.39 is 11.9 Å². The maximum atomic E-state index is 11.2. The molecule has 0 bridgehead atoms. The van der Waals surface area contributed by atoms with Crippen LogP contribution in [0.5, 0.6) is 0 Å². The summed E-state index contributed by atoms with van der Waals surface area (Å²) in [4.78, 5) is 21.8. The summed E-state index contributed by atoms with van der Waals surface area (Å²) >= 11 is 0. The van der Waals surface area contributed by atoms with E-state index in [0.29, 0.717) is 0 Å². The van der Waals surface area contributed by atoms with Gasteiger partial charge in [0.2, 0.25) is 5.76 Å². The second-order valence-corrected chi connectivity index (χ2v) is 2.72. The summed E-state index contributed by atoms with van der Waals surface area (Å²) < 4.78 is 9.32. The van der Waals surface area contributed by atoms with Crippen LogP contribution in [0.3, 0.4) is 0 Å². The number of carboxylic acids is 1. The lowest BCUT2D eigenvalue weighted by molar-refractivity contribution is 0.0595. The Labute approximate surface area is 85.1 Å². The molecule has 1 rings (SSSR count). The molecule has 2 N–H and O–H groups in total. The summed E-state index contributed by atoms with van der Waals surface area (Å²) in [7, 11) is 1.18. The van der Waals surface area contributed by atoms with Gasteiger partial charge in [0, 0.05) is 12.5 Å². The van der Waals surface area contributed by atoms with E-state index in [1.54, 1.807) is 0 Å². The van der Waals surface area contributed by atoms with E-state index in [4.69, 9.17) is 14.6 Å². The van der Waals surface area contributed by atoms with Crippen molar-refractivity contribution >= 4 is 11.9 Å². The van der Waals surface area contributed by atoms with Crippen LogP contribution in [-0.4, -0.2) is 35.9 Å². The normalized spacial score (nSPS) is 10.0. The van der Waals surface area contributed by atoms with Crippen LogP contribution in [0.4, 0.5) is 0 Å². The summed E-state index contributed by atoms with van der Waals surface area (Å²) in [5.41, 5.74) is 0.0314. The fourth-order valence-corrected chi connectivity index (χ4v) is 1.10. The monoisotopic (exact) mass is 214 g/mol. The molecular weight excluding hydrogens is 204 g/mol. The molecule has 0 spiro atoms. The maximum absolute atomic E-state index is 11.2. The average Bonchev–Trinajstić information content (AvgIpc) is 2.61. The first-order chi connectivity index (χ1) is 7.10. The smallest absolute Gasteiger partial charge is 0.371 e. The number of ether oxygens (including phenoxy) is 1. The van der Waals surface area contributed by atoms with Crippen LogP contribution in [0.25, 0.3) is 0 Å². The molecule has 1 aromatic rings. The minimum absolute atomic E-state index is 0.0314. The first-order valence-corrected chi connectivity index (χ1v) is 4.15. The average molecular weight is 214 g/mol. The third kappa shape index (κ3) is 2.35. The molecular formula is C9H10O6. The van der Waals surface area contributed by atoms with E-state index in [9.17, 15) is 9.59 Å². The van der Waals surface area contributed by atoms with Crippen LogP contribution >= 0.6 is 0 Å². The predicted octanol–water partition coefficient (Wildman–Crippen LogP) is 0.299. The molecule has 0 aromatic carbocycles. The number of carbonyl (C=O) groups excluding carboxylic acids is 1. The topological polar surface area (TPSA) is 97.0 Å². The lowest BCUT2D eigenvalue weighted by Gasteiger charge is -1.97. The van der Waals surface area contributed by atoms with Gasteiger partial charge in [0.1, 0.15) is 11.3 Å². The van der Waals surface area contributed by atoms with Crippen LogP contribution in [-0.2, 0) is 11.2 Å². The quantitative estimate of drug-likeness (QED) is 0.699. The van der Waals surface area contributed by atoms with Gasteiger partial charge in [-0.3, -0.25) is 0 Å². The first kappa shape index (κ1) is 11.3. The highest BCUT2D eigenvalue weighted by Crippen LogP contribution is 2.17. The fourth-order valence-electron chi connectivity index (χ4n) is 1.10. The lowest BCUT2D eigenvalue weighted by Crippen LogP contribution is -2.04. The zero-order valence-electron chi connectivity index (χ0n) is 8.02. The Bertz CT molecular complexity index is 378. The largest absolute Gasteiger partial charge is 0.475 e. The number of aliphatic hydroxyl groups is 1. The Morgan fingerprint density at radius 1 is 1.53 bits per heavy atom. The van der Waals surface area contributed by atoms with Crippen molar-refractivity contribution in [1.82, 2.24) is 0 Å². The Balaban J connectivity index is 3.11. The molecule has 82 valence electrons. The summed E-state index contributed by atoms with van der Waals surface area (Å²) in [6.45, 7) is -0.240. The first-order valence-electron chi connectivity index (χ1n) is 4.15. The molecule has 0 aliphatic carbocycles. The van der Waals surface area contributed by atoms with E-state index in [2.05, 4.69) is 4.74 Å². The SMILES string of the molecule is COC(=O)c1cc(C(=O)O)oc1CCO.